The van der Waals surface area contributed by atoms with Crippen molar-refractivity contribution in [3.63, 3.8) is 0 Å². The number of carbonyl (C=O) groups is 2. The van der Waals surface area contributed by atoms with E-state index in [9.17, 15) is 9.59 Å². The molecule has 1 aliphatic rings. The van der Waals surface area contributed by atoms with Crippen molar-refractivity contribution in [2.75, 3.05) is 31.0 Å². The van der Waals surface area contributed by atoms with Crippen LogP contribution in [-0.2, 0) is 9.59 Å². The van der Waals surface area contributed by atoms with E-state index in [4.69, 9.17) is 9.47 Å². The van der Waals surface area contributed by atoms with Gasteiger partial charge >= 0.3 is 0 Å². The Morgan fingerprint density at radius 3 is 2.79 bits per heavy atom. The van der Waals surface area contributed by atoms with Crippen LogP contribution in [-0.4, -0.2) is 37.6 Å². The molecule has 1 fully saturated rings. The molecule has 1 unspecified atom stereocenters. The van der Waals surface area contributed by atoms with Crippen molar-refractivity contribution >= 4 is 44.2 Å². The molecule has 0 spiro atoms. The molecule has 3 aromatic rings. The van der Waals surface area contributed by atoms with Crippen molar-refractivity contribution in [2.45, 2.75) is 13.3 Å². The molecule has 8 heteroatoms. The number of methoxy groups -OCH3 is 2. The lowest BCUT2D eigenvalue weighted by atomic mass is 10.1. The quantitative estimate of drug-likeness (QED) is 0.694. The first kappa shape index (κ1) is 19.2. The van der Waals surface area contributed by atoms with Gasteiger partial charge in [-0.2, -0.15) is 0 Å². The second-order valence-electron chi connectivity index (χ2n) is 6.87. The maximum atomic E-state index is 12.8. The maximum absolute atomic E-state index is 12.8. The number of hydrogen-bond acceptors (Lipinski definition) is 6. The third-order valence-corrected chi connectivity index (χ3v) is 5.96. The summed E-state index contributed by atoms with van der Waals surface area (Å²) in [6, 6.07) is 11.2. The zero-order valence-corrected chi connectivity index (χ0v) is 17.2. The Labute approximate surface area is 172 Å². The third kappa shape index (κ3) is 3.63. The van der Waals surface area contributed by atoms with Gasteiger partial charge in [0.2, 0.25) is 11.8 Å². The molecule has 7 nitrogen and oxygen atoms in total. The Hall–Kier alpha value is -3.13. The van der Waals surface area contributed by atoms with E-state index in [1.165, 1.54) is 18.4 Å². The van der Waals surface area contributed by atoms with Crippen LogP contribution in [0, 0.1) is 12.8 Å². The Bertz CT molecular complexity index is 1090. The highest BCUT2D eigenvalue weighted by Crippen LogP contribution is 2.36. The van der Waals surface area contributed by atoms with Crippen molar-refractivity contribution in [1.29, 1.82) is 0 Å². The first-order valence-corrected chi connectivity index (χ1v) is 10.0. The minimum absolute atomic E-state index is 0.117. The van der Waals surface area contributed by atoms with Crippen molar-refractivity contribution in [3.8, 4) is 11.5 Å². The van der Waals surface area contributed by atoms with Gasteiger partial charge in [0, 0.05) is 19.0 Å². The fourth-order valence-electron chi connectivity index (χ4n) is 3.47. The summed E-state index contributed by atoms with van der Waals surface area (Å²) in [6.07, 6.45) is 0.144. The second kappa shape index (κ2) is 7.71. The minimum Gasteiger partial charge on any atom is -0.497 e. The summed E-state index contributed by atoms with van der Waals surface area (Å²) in [6.45, 7) is 2.28. The summed E-state index contributed by atoms with van der Waals surface area (Å²) in [4.78, 5) is 31.5. The fourth-order valence-corrected chi connectivity index (χ4v) is 4.42. The number of aromatic nitrogens is 1. The van der Waals surface area contributed by atoms with Gasteiger partial charge in [0.1, 0.15) is 11.5 Å². The van der Waals surface area contributed by atoms with Gasteiger partial charge in [-0.3, -0.25) is 9.59 Å². The number of carbonyl (C=O) groups excluding carboxylic acids is 2. The van der Waals surface area contributed by atoms with E-state index in [2.05, 4.69) is 10.3 Å². The number of anilines is 2. The first-order chi connectivity index (χ1) is 14.0. The number of aryl methyl sites for hydroxylation is 1. The molecule has 29 heavy (non-hydrogen) atoms. The number of nitrogens with one attached hydrogen (secondary N) is 1. The van der Waals surface area contributed by atoms with E-state index in [1.807, 2.05) is 25.1 Å². The molecule has 1 atom stereocenters. The average Bonchev–Trinajstić information content (AvgIpc) is 3.31. The summed E-state index contributed by atoms with van der Waals surface area (Å²) in [7, 11) is 3.11. The molecule has 2 heterocycles. The molecule has 2 amide bonds. The van der Waals surface area contributed by atoms with Crippen molar-refractivity contribution in [3.05, 3.63) is 42.0 Å². The lowest BCUT2D eigenvalue weighted by molar-refractivity contribution is -0.122. The number of ether oxygens (including phenoxy) is 2. The zero-order chi connectivity index (χ0) is 20.5. The standard InChI is InChI=1S/C21H21N3O4S/c1-12-5-4-6-17-19(12)22-21(29-17)23-20(26)13-9-18(25)24(11-13)15-8-7-14(27-2)10-16(15)28-3/h4-8,10,13H,9,11H2,1-3H3,(H,22,23,26). The molecule has 1 aromatic heterocycles. The predicted octanol–water partition coefficient (Wildman–Crippen LogP) is 3.61. The monoisotopic (exact) mass is 411 g/mol. The highest BCUT2D eigenvalue weighted by atomic mass is 32.1. The van der Waals surface area contributed by atoms with Crippen molar-refractivity contribution in [2.24, 2.45) is 5.92 Å². The summed E-state index contributed by atoms with van der Waals surface area (Å²) < 4.78 is 11.6. The fraction of sp³-hybridized carbons (Fsp3) is 0.286. The van der Waals surface area contributed by atoms with Crippen LogP contribution < -0.4 is 19.7 Å². The number of hydrogen-bond donors (Lipinski definition) is 1. The zero-order valence-electron chi connectivity index (χ0n) is 16.4. The first-order valence-electron chi connectivity index (χ1n) is 9.19. The van der Waals surface area contributed by atoms with Crippen LogP contribution in [0.25, 0.3) is 10.2 Å². The Morgan fingerprint density at radius 2 is 2.07 bits per heavy atom. The van der Waals surface area contributed by atoms with Crippen LogP contribution in [0.4, 0.5) is 10.8 Å². The van der Waals surface area contributed by atoms with Crippen LogP contribution in [0.15, 0.2) is 36.4 Å². The van der Waals surface area contributed by atoms with E-state index >= 15 is 0 Å². The van der Waals surface area contributed by atoms with Gasteiger partial charge in [-0.15, -0.1) is 0 Å². The molecule has 0 saturated carbocycles. The number of benzene rings is 2. The Morgan fingerprint density at radius 1 is 1.24 bits per heavy atom. The number of fused-ring (bicyclic) bond motifs is 1. The SMILES string of the molecule is COc1ccc(N2CC(C(=O)Nc3nc4c(C)cccc4s3)CC2=O)c(OC)c1. The topological polar surface area (TPSA) is 80.8 Å². The minimum atomic E-state index is -0.456. The number of rotatable bonds is 5. The lowest BCUT2D eigenvalue weighted by Crippen LogP contribution is -2.28. The molecular weight excluding hydrogens is 390 g/mol. The molecule has 1 N–H and O–H groups in total. The molecule has 0 radical (unpaired) electrons. The number of nitrogens with zero attached hydrogens (tertiary/aromatic N) is 2. The van der Waals surface area contributed by atoms with Gasteiger partial charge in [-0.05, 0) is 30.7 Å². The molecule has 0 bridgehead atoms. The number of para-hydroxylation sites is 1. The van der Waals surface area contributed by atoms with Crippen LogP contribution in [0.3, 0.4) is 0 Å². The number of thiazole rings is 1. The van der Waals surface area contributed by atoms with Crippen LogP contribution in [0.1, 0.15) is 12.0 Å². The predicted molar refractivity (Wildman–Crippen MR) is 113 cm³/mol. The van der Waals surface area contributed by atoms with Crippen LogP contribution in [0.5, 0.6) is 11.5 Å². The summed E-state index contributed by atoms with van der Waals surface area (Å²) >= 11 is 1.43. The summed E-state index contributed by atoms with van der Waals surface area (Å²) in [5.41, 5.74) is 2.58. The summed E-state index contributed by atoms with van der Waals surface area (Å²) in [5, 5.41) is 3.43. The molecule has 0 aliphatic carbocycles. The third-order valence-electron chi connectivity index (χ3n) is 5.02. The van der Waals surface area contributed by atoms with Crippen LogP contribution in [0.2, 0.25) is 0 Å². The average molecular weight is 411 g/mol. The van der Waals surface area contributed by atoms with Gasteiger partial charge in [-0.25, -0.2) is 4.98 Å². The second-order valence-corrected chi connectivity index (χ2v) is 7.90. The molecule has 1 aliphatic heterocycles. The molecular formula is C21H21N3O4S. The largest absolute Gasteiger partial charge is 0.497 e. The Kier molecular flexibility index (Phi) is 5.10. The van der Waals surface area contributed by atoms with Gasteiger partial charge < -0.3 is 19.7 Å². The molecule has 150 valence electrons. The highest BCUT2D eigenvalue weighted by Gasteiger charge is 2.36. The van der Waals surface area contributed by atoms with E-state index in [1.54, 1.807) is 30.2 Å². The van der Waals surface area contributed by atoms with Crippen molar-refractivity contribution < 1.29 is 19.1 Å². The highest BCUT2D eigenvalue weighted by molar-refractivity contribution is 7.22. The van der Waals surface area contributed by atoms with E-state index < -0.39 is 5.92 Å². The molecule has 1 saturated heterocycles. The maximum Gasteiger partial charge on any atom is 0.231 e. The Balaban J connectivity index is 1.51. The van der Waals surface area contributed by atoms with Crippen LogP contribution >= 0.6 is 11.3 Å². The molecule has 2 aromatic carbocycles. The van der Waals surface area contributed by atoms with Gasteiger partial charge in [-0.1, -0.05) is 23.5 Å². The van der Waals surface area contributed by atoms with Gasteiger partial charge in [0.25, 0.3) is 0 Å². The van der Waals surface area contributed by atoms with Crippen molar-refractivity contribution in [1.82, 2.24) is 4.98 Å². The van der Waals surface area contributed by atoms with Gasteiger partial charge in [0.15, 0.2) is 5.13 Å². The lowest BCUT2D eigenvalue weighted by Gasteiger charge is -2.20. The van der Waals surface area contributed by atoms with Gasteiger partial charge in [0.05, 0.1) is 36.0 Å². The molecule has 4 rings (SSSR count). The smallest absolute Gasteiger partial charge is 0.231 e. The van der Waals surface area contributed by atoms with E-state index in [0.29, 0.717) is 22.3 Å². The van der Waals surface area contributed by atoms with E-state index in [0.717, 1.165) is 15.8 Å². The summed E-state index contributed by atoms with van der Waals surface area (Å²) in [5.74, 6) is 0.388. The van der Waals surface area contributed by atoms with E-state index in [-0.39, 0.29) is 24.8 Å². The normalized spacial score (nSPS) is 16.3. The number of amides is 2.